The average molecular weight is 287 g/mol. The van der Waals surface area contributed by atoms with E-state index < -0.39 is 5.69 Å². The molecule has 0 aliphatic rings. The van der Waals surface area contributed by atoms with Gasteiger partial charge < -0.3 is 0 Å². The Morgan fingerprint density at radius 3 is 2.32 bits per heavy atom. The number of unbranched alkanes of at least 4 members (excludes halogenated alkanes) is 5. The van der Waals surface area contributed by atoms with Gasteiger partial charge in [-0.2, -0.15) is 0 Å². The van der Waals surface area contributed by atoms with Gasteiger partial charge in [0.1, 0.15) is 5.15 Å². The van der Waals surface area contributed by atoms with Crippen molar-refractivity contribution in [3.8, 4) is 0 Å². The minimum Gasteiger partial charge on any atom is -0.297 e. The van der Waals surface area contributed by atoms with E-state index in [1.54, 1.807) is 0 Å². The van der Waals surface area contributed by atoms with Crippen LogP contribution in [0.5, 0.6) is 0 Å². The van der Waals surface area contributed by atoms with Gasteiger partial charge >= 0.3 is 5.69 Å². The molecule has 0 atom stereocenters. The minimum absolute atomic E-state index is 0.177. The van der Waals surface area contributed by atoms with Gasteiger partial charge in [-0.15, -0.1) is 0 Å². The molecule has 0 aliphatic carbocycles. The topological polar surface area (TPSA) is 54.9 Å². The zero-order valence-electron chi connectivity index (χ0n) is 11.8. The van der Waals surface area contributed by atoms with Crippen molar-refractivity contribution in [2.24, 2.45) is 0 Å². The van der Waals surface area contributed by atoms with E-state index in [0.717, 1.165) is 19.3 Å². The minimum atomic E-state index is -0.402. The van der Waals surface area contributed by atoms with Crippen molar-refractivity contribution in [3.05, 3.63) is 31.6 Å². The van der Waals surface area contributed by atoms with Crippen LogP contribution in [0, 0.1) is 0 Å². The third-order valence-electron chi connectivity index (χ3n) is 3.32. The smallest absolute Gasteiger partial charge is 0.297 e. The number of aromatic amines is 1. The third kappa shape index (κ3) is 4.53. The van der Waals surface area contributed by atoms with Gasteiger partial charge in [-0.1, -0.05) is 57.6 Å². The van der Waals surface area contributed by atoms with Gasteiger partial charge in [0.05, 0.1) is 5.56 Å². The summed E-state index contributed by atoms with van der Waals surface area (Å²) in [6, 6.07) is 0. The Kier molecular flexibility index (Phi) is 6.92. The molecule has 0 amide bonds. The molecule has 0 fully saturated rings. The molecule has 1 N–H and O–H groups in total. The molecule has 0 spiro atoms. The maximum absolute atomic E-state index is 12.1. The third-order valence-corrected chi connectivity index (χ3v) is 3.64. The molecule has 0 aliphatic heterocycles. The van der Waals surface area contributed by atoms with Crippen molar-refractivity contribution in [3.63, 3.8) is 0 Å². The number of rotatable bonds is 8. The van der Waals surface area contributed by atoms with E-state index in [1.807, 2.05) is 6.92 Å². The lowest BCUT2D eigenvalue weighted by atomic mass is 10.1. The van der Waals surface area contributed by atoms with Crippen molar-refractivity contribution >= 4 is 11.6 Å². The fraction of sp³-hybridized carbons (Fsp3) is 0.714. The van der Waals surface area contributed by atoms with Gasteiger partial charge in [-0.3, -0.25) is 14.3 Å². The number of H-pyrrole nitrogens is 1. The second-order valence-corrected chi connectivity index (χ2v) is 5.18. The van der Waals surface area contributed by atoms with Gasteiger partial charge in [0.15, 0.2) is 0 Å². The van der Waals surface area contributed by atoms with Gasteiger partial charge in [0.25, 0.3) is 5.56 Å². The highest BCUT2D eigenvalue weighted by atomic mass is 35.5. The summed E-state index contributed by atoms with van der Waals surface area (Å²) in [4.78, 5) is 26.3. The molecule has 5 heteroatoms. The number of nitrogens with one attached hydrogen (secondary N) is 1. The first-order chi connectivity index (χ1) is 9.11. The van der Waals surface area contributed by atoms with Crippen molar-refractivity contribution in [2.45, 2.75) is 65.3 Å². The maximum atomic E-state index is 12.1. The molecule has 1 aromatic heterocycles. The Bertz CT molecular complexity index is 505. The van der Waals surface area contributed by atoms with E-state index in [9.17, 15) is 9.59 Å². The molecule has 108 valence electrons. The average Bonchev–Trinajstić information content (AvgIpc) is 2.37. The van der Waals surface area contributed by atoms with Gasteiger partial charge in [-0.25, -0.2) is 4.79 Å². The lowest BCUT2D eigenvalue weighted by Crippen LogP contribution is -2.37. The molecule has 1 aromatic rings. The van der Waals surface area contributed by atoms with E-state index in [0.29, 0.717) is 18.5 Å². The van der Waals surface area contributed by atoms with Crippen LogP contribution in [0.3, 0.4) is 0 Å². The van der Waals surface area contributed by atoms with Crippen molar-refractivity contribution < 1.29 is 0 Å². The molecule has 0 saturated carbocycles. The molecule has 0 saturated heterocycles. The summed E-state index contributed by atoms with van der Waals surface area (Å²) in [6.07, 6.45) is 7.30. The Labute approximate surface area is 118 Å². The van der Waals surface area contributed by atoms with E-state index in [4.69, 9.17) is 11.6 Å². The van der Waals surface area contributed by atoms with Crippen LogP contribution in [-0.4, -0.2) is 9.55 Å². The van der Waals surface area contributed by atoms with Crippen LogP contribution in [0.4, 0.5) is 0 Å². The molecular weight excluding hydrogens is 264 g/mol. The first-order valence-corrected chi connectivity index (χ1v) is 7.51. The van der Waals surface area contributed by atoms with E-state index in [-0.39, 0.29) is 10.7 Å². The fourth-order valence-electron chi connectivity index (χ4n) is 2.15. The van der Waals surface area contributed by atoms with Crippen LogP contribution in [0.25, 0.3) is 0 Å². The summed E-state index contributed by atoms with van der Waals surface area (Å²) in [6.45, 7) is 4.51. The van der Waals surface area contributed by atoms with E-state index in [1.165, 1.54) is 23.8 Å². The van der Waals surface area contributed by atoms with Crippen LogP contribution in [0.15, 0.2) is 9.59 Å². The molecule has 1 heterocycles. The number of hydrogen-bond acceptors (Lipinski definition) is 2. The summed E-state index contributed by atoms with van der Waals surface area (Å²) < 4.78 is 1.27. The first-order valence-electron chi connectivity index (χ1n) is 7.13. The van der Waals surface area contributed by atoms with Crippen LogP contribution < -0.4 is 11.2 Å². The SMILES string of the molecule is CCCCCCCCn1c(=O)[nH]c(Cl)c(CC)c1=O. The molecular formula is C14H23ClN2O2. The second kappa shape index (κ2) is 8.20. The number of halogens is 1. The summed E-state index contributed by atoms with van der Waals surface area (Å²) >= 11 is 5.86. The normalized spacial score (nSPS) is 10.9. The Morgan fingerprint density at radius 2 is 1.68 bits per heavy atom. The lowest BCUT2D eigenvalue weighted by molar-refractivity contribution is 0.532. The number of hydrogen-bond donors (Lipinski definition) is 1. The van der Waals surface area contributed by atoms with E-state index >= 15 is 0 Å². The molecule has 1 rings (SSSR count). The van der Waals surface area contributed by atoms with Crippen LogP contribution in [0.1, 0.15) is 57.9 Å². The predicted molar refractivity (Wildman–Crippen MR) is 79.1 cm³/mol. The molecule has 4 nitrogen and oxygen atoms in total. The summed E-state index contributed by atoms with van der Waals surface area (Å²) in [5.41, 5.74) is -0.155. The van der Waals surface area contributed by atoms with Crippen molar-refractivity contribution in [1.29, 1.82) is 0 Å². The van der Waals surface area contributed by atoms with Crippen LogP contribution in [0.2, 0.25) is 5.15 Å². The molecule has 0 radical (unpaired) electrons. The molecule has 0 unspecified atom stereocenters. The lowest BCUT2D eigenvalue weighted by Gasteiger charge is -2.07. The monoisotopic (exact) mass is 286 g/mol. The van der Waals surface area contributed by atoms with Crippen LogP contribution >= 0.6 is 11.6 Å². The zero-order valence-corrected chi connectivity index (χ0v) is 12.6. The standard InChI is InChI=1S/C14H23ClN2O2/c1-3-5-6-7-8-9-10-17-13(18)11(4-2)12(15)16-14(17)19/h3-10H2,1-2H3,(H,16,19). The Balaban J connectivity index is 2.64. The largest absolute Gasteiger partial charge is 0.329 e. The van der Waals surface area contributed by atoms with Gasteiger partial charge in [-0.05, 0) is 12.8 Å². The Morgan fingerprint density at radius 1 is 1.05 bits per heavy atom. The van der Waals surface area contributed by atoms with E-state index in [2.05, 4.69) is 11.9 Å². The predicted octanol–water partition coefficient (Wildman–Crippen LogP) is 3.11. The number of nitrogens with zero attached hydrogens (tertiary/aromatic N) is 1. The maximum Gasteiger partial charge on any atom is 0.329 e. The molecule has 19 heavy (non-hydrogen) atoms. The quantitative estimate of drug-likeness (QED) is 0.590. The summed E-state index contributed by atoms with van der Waals surface area (Å²) in [5, 5.41) is 0.177. The van der Waals surface area contributed by atoms with Crippen molar-refractivity contribution in [1.82, 2.24) is 9.55 Å². The fourth-order valence-corrected chi connectivity index (χ4v) is 2.44. The summed E-state index contributed by atoms with van der Waals surface area (Å²) in [7, 11) is 0. The second-order valence-electron chi connectivity index (χ2n) is 4.80. The van der Waals surface area contributed by atoms with Gasteiger partial charge in [0.2, 0.25) is 0 Å². The summed E-state index contributed by atoms with van der Waals surface area (Å²) in [5.74, 6) is 0. The first kappa shape index (κ1) is 16.0. The van der Waals surface area contributed by atoms with Crippen LogP contribution in [-0.2, 0) is 13.0 Å². The zero-order chi connectivity index (χ0) is 14.3. The highest BCUT2D eigenvalue weighted by Crippen LogP contribution is 2.07. The number of aromatic nitrogens is 2. The van der Waals surface area contributed by atoms with Crippen molar-refractivity contribution in [2.75, 3.05) is 0 Å². The highest BCUT2D eigenvalue weighted by Gasteiger charge is 2.10. The molecule has 0 bridgehead atoms. The highest BCUT2D eigenvalue weighted by molar-refractivity contribution is 6.30. The Hall–Kier alpha value is -1.03. The van der Waals surface area contributed by atoms with Gasteiger partial charge in [0, 0.05) is 6.54 Å². The molecule has 0 aromatic carbocycles.